The van der Waals surface area contributed by atoms with Gasteiger partial charge in [0.1, 0.15) is 11.9 Å². The van der Waals surface area contributed by atoms with Crippen molar-refractivity contribution < 1.29 is 19.1 Å². The zero-order valence-electron chi connectivity index (χ0n) is 12.4. The molecule has 1 saturated carbocycles. The van der Waals surface area contributed by atoms with Gasteiger partial charge in [0, 0.05) is 25.5 Å². The van der Waals surface area contributed by atoms with E-state index in [9.17, 15) is 19.1 Å². The molecule has 0 radical (unpaired) electrons. The van der Waals surface area contributed by atoms with Crippen molar-refractivity contribution in [3.05, 3.63) is 35.6 Å². The number of aliphatic hydroxyl groups excluding tert-OH is 1. The molecule has 0 bridgehead atoms. The van der Waals surface area contributed by atoms with Gasteiger partial charge in [0.05, 0.1) is 11.6 Å². The van der Waals surface area contributed by atoms with Crippen LogP contribution in [0.5, 0.6) is 0 Å². The molecule has 2 fully saturated rings. The van der Waals surface area contributed by atoms with E-state index in [1.165, 1.54) is 17.9 Å². The molecule has 1 aliphatic heterocycles. The third-order valence-corrected chi connectivity index (χ3v) is 4.49. The third kappa shape index (κ3) is 2.59. The van der Waals surface area contributed by atoms with E-state index in [0.29, 0.717) is 18.4 Å². The minimum absolute atomic E-state index is 0.167. The quantitative estimate of drug-likeness (QED) is 0.872. The van der Waals surface area contributed by atoms with Crippen LogP contribution in [0, 0.1) is 5.82 Å². The van der Waals surface area contributed by atoms with Crippen LogP contribution in [-0.2, 0) is 15.1 Å². The lowest BCUT2D eigenvalue weighted by Crippen LogP contribution is -2.48. The minimum Gasteiger partial charge on any atom is -0.391 e. The van der Waals surface area contributed by atoms with E-state index in [0.717, 1.165) is 0 Å². The van der Waals surface area contributed by atoms with Crippen LogP contribution in [0.4, 0.5) is 4.39 Å². The number of nitrogens with zero attached hydrogens (tertiary/aromatic N) is 1. The Balaban J connectivity index is 1.77. The molecule has 3 rings (SSSR count). The molecular weight excluding hydrogens is 287 g/mol. The first kappa shape index (κ1) is 15.0. The van der Waals surface area contributed by atoms with Crippen LogP contribution in [0.3, 0.4) is 0 Å². The van der Waals surface area contributed by atoms with Gasteiger partial charge in [0.15, 0.2) is 0 Å². The number of nitrogens with one attached hydrogen (secondary N) is 1. The molecule has 1 saturated heterocycles. The first-order valence-corrected chi connectivity index (χ1v) is 7.45. The van der Waals surface area contributed by atoms with Crippen molar-refractivity contribution in [2.75, 3.05) is 6.54 Å². The van der Waals surface area contributed by atoms with E-state index in [2.05, 4.69) is 5.32 Å². The second kappa shape index (κ2) is 5.35. The lowest BCUT2D eigenvalue weighted by molar-refractivity contribution is -0.137. The van der Waals surface area contributed by atoms with Gasteiger partial charge in [-0.2, -0.15) is 0 Å². The number of rotatable bonds is 3. The van der Waals surface area contributed by atoms with Gasteiger partial charge in [-0.25, -0.2) is 4.39 Å². The number of β-amino-alcohol motifs (C(OH)–C–C–N with tert-alkyl or cyclic N) is 1. The molecule has 6 heteroatoms. The van der Waals surface area contributed by atoms with Crippen molar-refractivity contribution in [3.63, 3.8) is 0 Å². The number of hydrogen-bond acceptors (Lipinski definition) is 3. The summed E-state index contributed by atoms with van der Waals surface area (Å²) in [5, 5.41) is 12.6. The average Bonchev–Trinajstić information content (AvgIpc) is 3.12. The number of hydrogen-bond donors (Lipinski definition) is 2. The standard InChI is InChI=1S/C16H19FN2O3/c1-10(20)19-9-11(21)8-14(19)15(22)18-16(6-7-16)12-4-2-3-5-13(12)17/h2-5,11,14,21H,6-9H2,1H3,(H,18,22)/t11-,14-/m1/s1. The Bertz CT molecular complexity index is 615. The average molecular weight is 306 g/mol. The summed E-state index contributed by atoms with van der Waals surface area (Å²) in [4.78, 5) is 25.5. The lowest BCUT2D eigenvalue weighted by Gasteiger charge is -2.26. The van der Waals surface area contributed by atoms with Gasteiger partial charge < -0.3 is 15.3 Å². The Morgan fingerprint density at radius 2 is 2.05 bits per heavy atom. The van der Waals surface area contributed by atoms with E-state index in [-0.39, 0.29) is 30.6 Å². The molecule has 2 N–H and O–H groups in total. The predicted molar refractivity (Wildman–Crippen MR) is 77.3 cm³/mol. The van der Waals surface area contributed by atoms with Crippen molar-refractivity contribution in [2.45, 2.75) is 43.9 Å². The summed E-state index contributed by atoms with van der Waals surface area (Å²) >= 11 is 0. The van der Waals surface area contributed by atoms with Gasteiger partial charge in [0.2, 0.25) is 11.8 Å². The molecule has 0 aromatic heterocycles. The molecular formula is C16H19FN2O3. The van der Waals surface area contributed by atoms with Gasteiger partial charge in [-0.1, -0.05) is 18.2 Å². The monoisotopic (exact) mass is 306 g/mol. The maximum atomic E-state index is 14.0. The number of benzene rings is 1. The summed E-state index contributed by atoms with van der Waals surface area (Å²) in [5.74, 6) is -0.907. The van der Waals surface area contributed by atoms with Gasteiger partial charge >= 0.3 is 0 Å². The predicted octanol–water partition coefficient (Wildman–Crippen LogP) is 0.913. The fourth-order valence-corrected chi connectivity index (χ4v) is 3.17. The van der Waals surface area contributed by atoms with Crippen molar-refractivity contribution in [2.24, 2.45) is 0 Å². The Morgan fingerprint density at radius 3 is 2.64 bits per heavy atom. The van der Waals surface area contributed by atoms with Crippen LogP contribution in [0.15, 0.2) is 24.3 Å². The fourth-order valence-electron chi connectivity index (χ4n) is 3.17. The summed E-state index contributed by atoms with van der Waals surface area (Å²) < 4.78 is 14.0. The summed E-state index contributed by atoms with van der Waals surface area (Å²) in [6.45, 7) is 1.54. The SMILES string of the molecule is CC(=O)N1C[C@H](O)C[C@@H]1C(=O)NC1(c2ccccc2F)CC1. The first-order valence-electron chi connectivity index (χ1n) is 7.45. The van der Waals surface area contributed by atoms with Gasteiger partial charge in [-0.15, -0.1) is 0 Å². The number of halogens is 1. The Kier molecular flexibility index (Phi) is 3.64. The van der Waals surface area contributed by atoms with E-state index in [1.807, 2.05) is 0 Å². The van der Waals surface area contributed by atoms with Crippen molar-refractivity contribution in [1.29, 1.82) is 0 Å². The van der Waals surface area contributed by atoms with Crippen LogP contribution in [0.2, 0.25) is 0 Å². The van der Waals surface area contributed by atoms with Crippen molar-refractivity contribution >= 4 is 11.8 Å². The van der Waals surface area contributed by atoms with Gasteiger partial charge in [-0.05, 0) is 18.9 Å². The van der Waals surface area contributed by atoms with E-state index >= 15 is 0 Å². The topological polar surface area (TPSA) is 69.6 Å². The third-order valence-electron chi connectivity index (χ3n) is 4.49. The highest BCUT2D eigenvalue weighted by atomic mass is 19.1. The molecule has 1 heterocycles. The molecule has 5 nitrogen and oxygen atoms in total. The Morgan fingerprint density at radius 1 is 1.36 bits per heavy atom. The number of likely N-dealkylation sites (tertiary alicyclic amines) is 1. The Labute approximate surface area is 128 Å². The van der Waals surface area contributed by atoms with Crippen LogP contribution < -0.4 is 5.32 Å². The zero-order chi connectivity index (χ0) is 15.9. The second-order valence-corrected chi connectivity index (χ2v) is 6.13. The maximum Gasteiger partial charge on any atom is 0.243 e. The molecule has 2 atom stereocenters. The number of amides is 2. The number of carbonyl (C=O) groups excluding carboxylic acids is 2. The zero-order valence-corrected chi connectivity index (χ0v) is 12.4. The Hall–Kier alpha value is -1.95. The van der Waals surface area contributed by atoms with Crippen molar-refractivity contribution in [3.8, 4) is 0 Å². The normalized spacial score (nSPS) is 25.9. The summed E-state index contributed by atoms with van der Waals surface area (Å²) in [5.41, 5.74) is -0.186. The van der Waals surface area contributed by atoms with E-state index in [1.54, 1.807) is 18.2 Å². The van der Waals surface area contributed by atoms with Crippen LogP contribution in [0.1, 0.15) is 31.7 Å². The summed E-state index contributed by atoms with van der Waals surface area (Å²) in [7, 11) is 0. The molecule has 1 aliphatic carbocycles. The largest absolute Gasteiger partial charge is 0.391 e. The summed E-state index contributed by atoms with van der Waals surface area (Å²) in [6, 6.07) is 5.72. The molecule has 0 unspecified atom stereocenters. The fraction of sp³-hybridized carbons (Fsp3) is 0.500. The van der Waals surface area contributed by atoms with Crippen LogP contribution in [-0.4, -0.2) is 40.5 Å². The number of aliphatic hydroxyl groups is 1. The smallest absolute Gasteiger partial charge is 0.243 e. The molecule has 2 amide bonds. The highest BCUT2D eigenvalue weighted by Crippen LogP contribution is 2.46. The van der Waals surface area contributed by atoms with Crippen LogP contribution >= 0.6 is 0 Å². The maximum absolute atomic E-state index is 14.0. The lowest BCUT2D eigenvalue weighted by atomic mass is 10.0. The first-order chi connectivity index (χ1) is 10.4. The molecule has 0 spiro atoms. The van der Waals surface area contributed by atoms with E-state index in [4.69, 9.17) is 0 Å². The minimum atomic E-state index is -0.691. The second-order valence-electron chi connectivity index (χ2n) is 6.13. The molecule has 118 valence electrons. The van der Waals surface area contributed by atoms with E-state index < -0.39 is 17.7 Å². The summed E-state index contributed by atoms with van der Waals surface area (Å²) in [6.07, 6.45) is 0.881. The molecule has 22 heavy (non-hydrogen) atoms. The molecule has 1 aromatic carbocycles. The van der Waals surface area contributed by atoms with Crippen LogP contribution in [0.25, 0.3) is 0 Å². The van der Waals surface area contributed by atoms with Gasteiger partial charge in [-0.3, -0.25) is 9.59 Å². The van der Waals surface area contributed by atoms with Gasteiger partial charge in [0.25, 0.3) is 0 Å². The molecule has 1 aromatic rings. The highest BCUT2D eigenvalue weighted by Gasteiger charge is 2.49. The number of carbonyl (C=O) groups is 2. The molecule has 2 aliphatic rings. The highest BCUT2D eigenvalue weighted by molar-refractivity contribution is 5.88. The van der Waals surface area contributed by atoms with Crippen molar-refractivity contribution in [1.82, 2.24) is 10.2 Å².